The van der Waals surface area contributed by atoms with Gasteiger partial charge < -0.3 is 14.6 Å². The zero-order valence-electron chi connectivity index (χ0n) is 18.1. The van der Waals surface area contributed by atoms with E-state index < -0.39 is 0 Å². The number of aromatic nitrogens is 1. The van der Waals surface area contributed by atoms with Crippen LogP contribution in [0.25, 0.3) is 10.9 Å². The van der Waals surface area contributed by atoms with E-state index in [-0.39, 0.29) is 17.0 Å². The van der Waals surface area contributed by atoms with Crippen molar-refractivity contribution in [3.05, 3.63) is 112 Å². The van der Waals surface area contributed by atoms with Gasteiger partial charge in [0.15, 0.2) is 0 Å². The summed E-state index contributed by atoms with van der Waals surface area (Å²) >= 11 is 0. The van der Waals surface area contributed by atoms with Crippen molar-refractivity contribution in [2.75, 3.05) is 13.7 Å². The minimum absolute atomic E-state index is 0.164. The van der Waals surface area contributed by atoms with Crippen LogP contribution in [0, 0.1) is 0 Å². The fraction of sp³-hybridized carbons (Fsp3) is 0.185. The normalized spacial score (nSPS) is 10.8. The van der Waals surface area contributed by atoms with Crippen LogP contribution in [0.15, 0.2) is 89.7 Å². The van der Waals surface area contributed by atoms with E-state index in [2.05, 4.69) is 17.4 Å². The van der Waals surface area contributed by atoms with Crippen LogP contribution in [0.3, 0.4) is 0 Å². The van der Waals surface area contributed by atoms with Crippen molar-refractivity contribution in [2.45, 2.75) is 19.4 Å². The lowest BCUT2D eigenvalue weighted by Gasteiger charge is -2.14. The summed E-state index contributed by atoms with van der Waals surface area (Å²) in [6, 6.07) is 27.1. The van der Waals surface area contributed by atoms with Gasteiger partial charge >= 0.3 is 0 Å². The second kappa shape index (κ2) is 9.96. The number of nitrogens with one attached hydrogen (secondary N) is 1. The van der Waals surface area contributed by atoms with E-state index in [1.807, 2.05) is 66.7 Å². The molecule has 0 bridgehead atoms. The summed E-state index contributed by atoms with van der Waals surface area (Å²) in [6.07, 6.45) is 1.68. The smallest absolute Gasteiger partial charge is 0.264 e. The molecule has 0 saturated heterocycles. The van der Waals surface area contributed by atoms with E-state index >= 15 is 0 Å². The van der Waals surface area contributed by atoms with Crippen LogP contribution < -0.4 is 15.6 Å². The van der Waals surface area contributed by atoms with Gasteiger partial charge in [-0.3, -0.25) is 9.59 Å². The van der Waals surface area contributed by atoms with Crippen LogP contribution >= 0.6 is 0 Å². The van der Waals surface area contributed by atoms with Crippen molar-refractivity contribution < 1.29 is 9.53 Å². The van der Waals surface area contributed by atoms with E-state index in [9.17, 15) is 9.59 Å². The van der Waals surface area contributed by atoms with Gasteiger partial charge in [0.05, 0.1) is 19.2 Å². The molecule has 4 rings (SSSR count). The first kappa shape index (κ1) is 21.4. The molecule has 5 nitrogen and oxygen atoms in total. The topological polar surface area (TPSA) is 60.3 Å². The Hall–Kier alpha value is -3.86. The van der Waals surface area contributed by atoms with Crippen molar-refractivity contribution in [1.82, 2.24) is 9.88 Å². The summed E-state index contributed by atoms with van der Waals surface area (Å²) in [4.78, 5) is 26.2. The average Bonchev–Trinajstić information content (AvgIpc) is 2.84. The summed E-state index contributed by atoms with van der Waals surface area (Å²) in [5, 5.41) is 3.77. The van der Waals surface area contributed by atoms with Crippen LogP contribution in [-0.4, -0.2) is 24.1 Å². The zero-order valence-corrected chi connectivity index (χ0v) is 18.1. The Morgan fingerprint density at radius 1 is 0.906 bits per heavy atom. The van der Waals surface area contributed by atoms with E-state index in [0.717, 1.165) is 35.1 Å². The maximum atomic E-state index is 13.3. The highest BCUT2D eigenvalue weighted by atomic mass is 16.5. The average molecular weight is 427 g/mol. The molecule has 4 aromatic rings. The molecule has 1 amide bonds. The van der Waals surface area contributed by atoms with Crippen LogP contribution in [0.5, 0.6) is 5.75 Å². The van der Waals surface area contributed by atoms with Crippen molar-refractivity contribution in [2.24, 2.45) is 0 Å². The number of hydrogen-bond donors (Lipinski definition) is 1. The number of rotatable bonds is 8. The molecule has 1 heterocycles. The molecule has 1 N–H and O–H groups in total. The lowest BCUT2D eigenvalue weighted by atomic mass is 10.1. The van der Waals surface area contributed by atoms with Crippen LogP contribution in [0.1, 0.15) is 27.9 Å². The number of amides is 1. The molecule has 0 fully saturated rings. The summed E-state index contributed by atoms with van der Waals surface area (Å²) in [5.41, 5.74) is 2.86. The second-order valence-electron chi connectivity index (χ2n) is 7.70. The minimum Gasteiger partial charge on any atom is -0.497 e. The van der Waals surface area contributed by atoms with Crippen LogP contribution in [0.2, 0.25) is 0 Å². The largest absolute Gasteiger partial charge is 0.497 e. The number of nitrogens with zero attached hydrogens (tertiary/aromatic N) is 1. The lowest BCUT2D eigenvalue weighted by Crippen LogP contribution is -2.34. The second-order valence-corrected chi connectivity index (χ2v) is 7.70. The van der Waals surface area contributed by atoms with E-state index in [1.165, 1.54) is 5.56 Å². The number of carbonyl (C=O) groups is 1. The molecular weight excluding hydrogens is 400 g/mol. The van der Waals surface area contributed by atoms with Gasteiger partial charge in [0.25, 0.3) is 11.5 Å². The molecule has 0 aliphatic heterocycles. The maximum Gasteiger partial charge on any atom is 0.264 e. The molecular formula is C27H26N2O3. The first-order chi connectivity index (χ1) is 15.7. The Kier molecular flexibility index (Phi) is 6.66. The summed E-state index contributed by atoms with van der Waals surface area (Å²) in [7, 11) is 1.62. The number of hydrogen-bond acceptors (Lipinski definition) is 3. The first-order valence-electron chi connectivity index (χ1n) is 10.7. The number of fused-ring (bicyclic) bond motifs is 1. The third kappa shape index (κ3) is 4.89. The Balaban J connectivity index is 1.55. The van der Waals surface area contributed by atoms with Gasteiger partial charge in [0, 0.05) is 6.54 Å². The molecule has 3 aromatic carbocycles. The molecule has 0 atom stereocenters. The highest BCUT2D eigenvalue weighted by Gasteiger charge is 2.15. The monoisotopic (exact) mass is 426 g/mol. The minimum atomic E-state index is -0.336. The van der Waals surface area contributed by atoms with Crippen molar-refractivity contribution in [3.63, 3.8) is 0 Å². The summed E-state index contributed by atoms with van der Waals surface area (Å²) < 4.78 is 6.88. The first-order valence-corrected chi connectivity index (χ1v) is 10.7. The van der Waals surface area contributed by atoms with E-state index in [4.69, 9.17) is 4.74 Å². The molecule has 32 heavy (non-hydrogen) atoms. The van der Waals surface area contributed by atoms with Crippen LogP contribution in [-0.2, 0) is 13.0 Å². The SMILES string of the molecule is COc1ccc(Cn2c(=O)c(C(=O)NCCCc3ccccc3)cc3ccccc32)cc1. The molecule has 1 aromatic heterocycles. The Labute approximate surface area is 187 Å². The van der Waals surface area contributed by atoms with Gasteiger partial charge in [0.1, 0.15) is 11.3 Å². The molecule has 162 valence electrons. The Morgan fingerprint density at radius 3 is 2.38 bits per heavy atom. The van der Waals surface area contributed by atoms with Gasteiger partial charge in [0.2, 0.25) is 0 Å². The molecule has 5 heteroatoms. The third-order valence-corrected chi connectivity index (χ3v) is 5.52. The standard InChI is InChI=1S/C27H26N2O3/c1-32-23-15-13-21(14-16-23)19-29-25-12-6-5-11-22(25)18-24(27(29)31)26(30)28-17-7-10-20-8-3-2-4-9-20/h2-6,8-9,11-16,18H,7,10,17,19H2,1H3,(H,28,30). The van der Waals surface area contributed by atoms with Gasteiger partial charge in [-0.05, 0) is 53.6 Å². The number of ether oxygens (including phenoxy) is 1. The number of aryl methyl sites for hydroxylation is 1. The number of para-hydroxylation sites is 1. The number of pyridine rings is 1. The number of benzene rings is 3. The fourth-order valence-electron chi connectivity index (χ4n) is 3.79. The Morgan fingerprint density at radius 2 is 1.62 bits per heavy atom. The predicted molar refractivity (Wildman–Crippen MR) is 127 cm³/mol. The molecule has 0 aliphatic rings. The van der Waals surface area contributed by atoms with Gasteiger partial charge in [-0.15, -0.1) is 0 Å². The zero-order chi connectivity index (χ0) is 22.3. The molecule has 0 saturated carbocycles. The van der Waals surface area contributed by atoms with Gasteiger partial charge in [-0.25, -0.2) is 0 Å². The third-order valence-electron chi connectivity index (χ3n) is 5.52. The summed E-state index contributed by atoms with van der Waals surface area (Å²) in [5.74, 6) is 0.423. The van der Waals surface area contributed by atoms with E-state index in [0.29, 0.717) is 13.1 Å². The number of carbonyl (C=O) groups excluding carboxylic acids is 1. The number of methoxy groups -OCH3 is 1. The van der Waals surface area contributed by atoms with Gasteiger partial charge in [-0.2, -0.15) is 0 Å². The van der Waals surface area contributed by atoms with Crippen molar-refractivity contribution >= 4 is 16.8 Å². The van der Waals surface area contributed by atoms with E-state index in [1.54, 1.807) is 17.7 Å². The van der Waals surface area contributed by atoms with Gasteiger partial charge in [-0.1, -0.05) is 60.7 Å². The predicted octanol–water partition coefficient (Wildman–Crippen LogP) is 4.42. The molecule has 0 aliphatic carbocycles. The highest BCUT2D eigenvalue weighted by molar-refractivity contribution is 5.97. The molecule has 0 radical (unpaired) electrons. The fourth-order valence-corrected chi connectivity index (χ4v) is 3.79. The lowest BCUT2D eigenvalue weighted by molar-refractivity contribution is 0.0951. The van der Waals surface area contributed by atoms with Crippen LogP contribution in [0.4, 0.5) is 0 Å². The molecule has 0 spiro atoms. The molecule has 0 unspecified atom stereocenters. The Bertz CT molecular complexity index is 1260. The maximum absolute atomic E-state index is 13.3. The van der Waals surface area contributed by atoms with Crippen molar-refractivity contribution in [3.8, 4) is 5.75 Å². The van der Waals surface area contributed by atoms with Crippen molar-refractivity contribution in [1.29, 1.82) is 0 Å². The quantitative estimate of drug-likeness (QED) is 0.424. The highest BCUT2D eigenvalue weighted by Crippen LogP contribution is 2.17. The summed E-state index contributed by atoms with van der Waals surface area (Å²) in [6.45, 7) is 0.886.